The zero-order chi connectivity index (χ0) is 78.9. The van der Waals surface area contributed by atoms with Gasteiger partial charge in [-0.25, -0.2) is 9.13 Å². The molecule has 19 heteroatoms. The maximum absolute atomic E-state index is 13.1. The maximum atomic E-state index is 13.1. The number of aliphatic hydroxyl groups excluding tert-OH is 1. The van der Waals surface area contributed by atoms with Crippen molar-refractivity contribution in [1.82, 2.24) is 0 Å². The lowest BCUT2D eigenvalue weighted by atomic mass is 10.0. The fraction of sp³-hybridized carbons (Fsp3) is 0.730. The molecule has 0 aliphatic heterocycles. The number of aliphatic hydroxyl groups is 1. The van der Waals surface area contributed by atoms with Crippen LogP contribution in [0.5, 0.6) is 0 Å². The van der Waals surface area contributed by atoms with Crippen LogP contribution in [0.4, 0.5) is 0 Å². The molecule has 0 fully saturated rings. The number of unbranched alkanes of at least 4 members (excludes halogenated alkanes) is 34. The quantitative estimate of drug-likeness (QED) is 0.0169. The Bertz CT molecular complexity index is 2520. The second-order valence-corrected chi connectivity index (χ2v) is 31.3. The van der Waals surface area contributed by atoms with Crippen molar-refractivity contribution in [3.63, 3.8) is 0 Å². The van der Waals surface area contributed by atoms with Gasteiger partial charge in [0.15, 0.2) is 12.2 Å². The lowest BCUT2D eigenvalue weighted by Gasteiger charge is -2.21. The third-order valence-electron chi connectivity index (χ3n) is 17.9. The third kappa shape index (κ3) is 79.5. The molecule has 5 atom stereocenters. The summed E-state index contributed by atoms with van der Waals surface area (Å²) in [5.41, 5.74) is 0. The van der Waals surface area contributed by atoms with Gasteiger partial charge in [-0.3, -0.25) is 37.3 Å². The van der Waals surface area contributed by atoms with Crippen molar-refractivity contribution in [2.75, 3.05) is 39.6 Å². The number of carbonyl (C=O) groups excluding carboxylic acids is 4. The lowest BCUT2D eigenvalue weighted by Crippen LogP contribution is -2.30. The van der Waals surface area contributed by atoms with E-state index in [9.17, 15) is 43.2 Å². The van der Waals surface area contributed by atoms with Crippen LogP contribution in [0.2, 0.25) is 0 Å². The summed E-state index contributed by atoms with van der Waals surface area (Å²) < 4.78 is 68.8. The van der Waals surface area contributed by atoms with Gasteiger partial charge in [0.25, 0.3) is 0 Å². The van der Waals surface area contributed by atoms with Gasteiger partial charge in [-0.05, 0) is 141 Å². The SMILES string of the molecule is CC/C=C\C/C=C\C/C=C\C/C=C\C/C=C\CCCCCC(=O)OCC(COP(=O)(O)OCC(O)COP(=O)(O)OCC(COC(=O)CCCCCCCC/C=C\C/C=C\C/C=C\CCCCC)OC(=O)CCCCCCC/C=C\C/C=C\CCCCC)OC(=O)CCCCCCCCCCCCCCCCC. The molecule has 0 saturated heterocycles. The second kappa shape index (κ2) is 80.5. The molecule has 0 rings (SSSR count). The van der Waals surface area contributed by atoms with Crippen LogP contribution >= 0.6 is 15.6 Å². The molecule has 0 spiro atoms. The molecular weight excluding hydrogens is 1400 g/mol. The van der Waals surface area contributed by atoms with E-state index in [2.05, 4.69) is 149 Å². The molecular formula is C89H154O17P2. The Morgan fingerprint density at radius 1 is 0.269 bits per heavy atom. The fourth-order valence-corrected chi connectivity index (χ4v) is 13.0. The van der Waals surface area contributed by atoms with Crippen molar-refractivity contribution in [1.29, 1.82) is 0 Å². The van der Waals surface area contributed by atoms with Gasteiger partial charge in [-0.1, -0.05) is 316 Å². The van der Waals surface area contributed by atoms with Gasteiger partial charge in [-0.2, -0.15) is 0 Å². The lowest BCUT2D eigenvalue weighted by molar-refractivity contribution is -0.161. The summed E-state index contributed by atoms with van der Waals surface area (Å²) in [6.45, 7) is 4.70. The molecule has 0 heterocycles. The average Bonchev–Trinajstić information content (AvgIpc) is 0.923. The number of allylic oxidation sites excluding steroid dienone is 20. The Labute approximate surface area is 657 Å². The molecule has 0 aromatic carbocycles. The minimum atomic E-state index is -4.99. The number of phosphoric ester groups is 2. The van der Waals surface area contributed by atoms with Crippen molar-refractivity contribution in [2.24, 2.45) is 0 Å². The highest BCUT2D eigenvalue weighted by molar-refractivity contribution is 7.47. The molecule has 0 aromatic rings. The molecule has 0 aliphatic carbocycles. The molecule has 622 valence electrons. The molecule has 108 heavy (non-hydrogen) atoms. The van der Waals surface area contributed by atoms with E-state index in [1.807, 2.05) is 0 Å². The molecule has 0 amide bonds. The first-order valence-corrected chi connectivity index (χ1v) is 45.8. The smallest absolute Gasteiger partial charge is 0.462 e. The third-order valence-corrected chi connectivity index (χ3v) is 19.8. The zero-order valence-electron chi connectivity index (χ0n) is 68.2. The van der Waals surface area contributed by atoms with Crippen molar-refractivity contribution in [3.05, 3.63) is 122 Å². The summed E-state index contributed by atoms with van der Waals surface area (Å²) in [6, 6.07) is 0. The average molecular weight is 1560 g/mol. The first-order chi connectivity index (χ1) is 52.7. The Morgan fingerprint density at radius 2 is 0.481 bits per heavy atom. The van der Waals surface area contributed by atoms with Crippen LogP contribution in [-0.2, 0) is 65.4 Å². The van der Waals surface area contributed by atoms with Crippen LogP contribution in [0, 0.1) is 0 Å². The minimum absolute atomic E-state index is 0.0744. The van der Waals surface area contributed by atoms with Crippen LogP contribution in [0.15, 0.2) is 122 Å². The zero-order valence-corrected chi connectivity index (χ0v) is 70.0. The van der Waals surface area contributed by atoms with Crippen LogP contribution in [0.1, 0.15) is 362 Å². The van der Waals surface area contributed by atoms with Crippen molar-refractivity contribution in [3.8, 4) is 0 Å². The highest BCUT2D eigenvalue weighted by Crippen LogP contribution is 2.45. The van der Waals surface area contributed by atoms with Crippen LogP contribution < -0.4 is 0 Å². The van der Waals surface area contributed by atoms with E-state index in [0.29, 0.717) is 25.7 Å². The Morgan fingerprint density at radius 3 is 0.769 bits per heavy atom. The number of hydrogen-bond donors (Lipinski definition) is 3. The van der Waals surface area contributed by atoms with Crippen molar-refractivity contribution in [2.45, 2.75) is 380 Å². The highest BCUT2D eigenvalue weighted by atomic mass is 31.2. The standard InChI is InChI=1S/C89H154O17P2/c1-5-9-13-17-21-25-29-33-37-39-41-43-47-49-53-57-61-65-69-73-86(91)99-79-84(105-88(93)75-71-67-63-59-55-51-45-35-31-27-23-19-15-11-7-3)81-103-107(95,96)101-77-83(90)78-102-108(97,98)104-82-85(106-89(94)76-72-68-64-60-56-52-46-36-32-28-24-20-16-12-8-4)80-100-87(92)74-70-66-62-58-54-50-48-44-42-40-38-34-30-26-22-18-14-10-6-2/h9,13,21-22,24-26,28,33-34,36-38,41-44,46,49,53,83-85,90H,5-8,10-12,14-20,23,27,29-32,35,39-40,45,47-48,50-52,54-82H2,1-4H3,(H,95,96)(H,97,98)/b13-9-,25-21-,26-22-,28-24-,37-33-,38-34-,43-41-,44-42-,46-36-,53-49-. The molecule has 0 saturated carbocycles. The first kappa shape index (κ1) is 103. The first-order valence-electron chi connectivity index (χ1n) is 42.8. The largest absolute Gasteiger partial charge is 0.472 e. The van der Waals surface area contributed by atoms with Crippen LogP contribution in [0.25, 0.3) is 0 Å². The van der Waals surface area contributed by atoms with E-state index >= 15 is 0 Å². The van der Waals surface area contributed by atoms with Gasteiger partial charge in [0.1, 0.15) is 19.3 Å². The number of ether oxygens (including phenoxy) is 4. The Kier molecular flexibility index (Phi) is 77.1. The second-order valence-electron chi connectivity index (χ2n) is 28.4. The summed E-state index contributed by atoms with van der Waals surface area (Å²) in [7, 11) is -9.98. The van der Waals surface area contributed by atoms with Gasteiger partial charge in [0, 0.05) is 25.7 Å². The van der Waals surface area contributed by atoms with E-state index in [1.165, 1.54) is 103 Å². The number of phosphoric acid groups is 2. The van der Waals surface area contributed by atoms with Gasteiger partial charge in [0.05, 0.1) is 26.4 Å². The molecule has 3 N–H and O–H groups in total. The molecule has 17 nitrogen and oxygen atoms in total. The van der Waals surface area contributed by atoms with Gasteiger partial charge in [0.2, 0.25) is 0 Å². The monoisotopic (exact) mass is 1560 g/mol. The van der Waals surface area contributed by atoms with Gasteiger partial charge >= 0.3 is 39.5 Å². The number of hydrogen-bond acceptors (Lipinski definition) is 15. The maximum Gasteiger partial charge on any atom is 0.472 e. The number of carbonyl (C=O) groups is 4. The van der Waals surface area contributed by atoms with Gasteiger partial charge < -0.3 is 33.8 Å². The van der Waals surface area contributed by atoms with E-state index < -0.39 is 97.5 Å². The van der Waals surface area contributed by atoms with Crippen molar-refractivity contribution < 1.29 is 80.2 Å². The van der Waals surface area contributed by atoms with E-state index in [-0.39, 0.29) is 25.7 Å². The van der Waals surface area contributed by atoms with E-state index in [1.54, 1.807) is 0 Å². The van der Waals surface area contributed by atoms with Crippen LogP contribution in [0.3, 0.4) is 0 Å². The Hall–Kier alpha value is -4.54. The summed E-state index contributed by atoms with van der Waals surface area (Å²) >= 11 is 0. The Balaban J connectivity index is 5.40. The minimum Gasteiger partial charge on any atom is -0.462 e. The molecule has 0 aliphatic rings. The van der Waals surface area contributed by atoms with Crippen LogP contribution in [-0.4, -0.2) is 96.7 Å². The number of esters is 4. The number of rotatable bonds is 80. The summed E-state index contributed by atoms with van der Waals surface area (Å²) in [5.74, 6) is -2.22. The topological polar surface area (TPSA) is 237 Å². The highest BCUT2D eigenvalue weighted by Gasteiger charge is 2.30. The predicted octanol–water partition coefficient (Wildman–Crippen LogP) is 25.5. The normalized spacial score (nSPS) is 14.4. The van der Waals surface area contributed by atoms with E-state index in [0.717, 1.165) is 180 Å². The fourth-order valence-electron chi connectivity index (χ4n) is 11.4. The summed E-state index contributed by atoms with van der Waals surface area (Å²) in [5, 5.41) is 10.7. The van der Waals surface area contributed by atoms with Crippen molar-refractivity contribution >= 4 is 39.5 Å². The van der Waals surface area contributed by atoms with E-state index in [4.69, 9.17) is 37.0 Å². The summed E-state index contributed by atoms with van der Waals surface area (Å²) in [4.78, 5) is 73.2. The predicted molar refractivity (Wildman–Crippen MR) is 445 cm³/mol. The molecule has 0 aromatic heterocycles. The molecule has 0 radical (unpaired) electrons. The molecule has 5 unspecified atom stereocenters. The summed E-state index contributed by atoms with van der Waals surface area (Å²) in [6.07, 6.45) is 90.1. The van der Waals surface area contributed by atoms with Gasteiger partial charge in [-0.15, -0.1) is 0 Å². The molecule has 0 bridgehead atoms.